The molecule has 1 atom stereocenters. The van der Waals surface area contributed by atoms with Crippen LogP contribution in [0.2, 0.25) is 0 Å². The van der Waals surface area contributed by atoms with E-state index in [0.717, 1.165) is 5.69 Å². The van der Waals surface area contributed by atoms with Crippen molar-refractivity contribution in [3.63, 3.8) is 0 Å². The molecule has 5 heteroatoms. The molecule has 0 aliphatic rings. The zero-order chi connectivity index (χ0) is 13.7. The maximum Gasteiger partial charge on any atom is 0.255 e. The number of carbonyl (C=O) groups excluding carboxylic acids is 1. The van der Waals surface area contributed by atoms with E-state index in [2.05, 4.69) is 15.3 Å². The molecule has 5 nitrogen and oxygen atoms in total. The molecule has 2 N–H and O–H groups in total. The van der Waals surface area contributed by atoms with E-state index in [0.29, 0.717) is 6.42 Å². The first kappa shape index (κ1) is 13.0. The zero-order valence-corrected chi connectivity index (χ0v) is 10.6. The summed E-state index contributed by atoms with van der Waals surface area (Å²) in [5.74, 6) is -0.437. The number of hydrogen-bond donors (Lipinski definition) is 2. The molecule has 2 rings (SSSR count). The minimum absolute atomic E-state index is 0.0741. The van der Waals surface area contributed by atoms with Gasteiger partial charge in [-0.25, -0.2) is 0 Å². The van der Waals surface area contributed by atoms with Crippen LogP contribution >= 0.6 is 0 Å². The minimum atomic E-state index is -0.316. The maximum atomic E-state index is 11.9. The average molecular weight is 257 g/mol. The van der Waals surface area contributed by atoms with E-state index >= 15 is 0 Å². The topological polar surface area (TPSA) is 75.1 Å². The van der Waals surface area contributed by atoms with Crippen molar-refractivity contribution in [1.82, 2.24) is 15.3 Å². The number of carbonyl (C=O) groups is 1. The molecule has 0 bridgehead atoms. The number of hydrogen-bond acceptors (Lipinski definition) is 4. The van der Waals surface area contributed by atoms with Crippen LogP contribution in [0.1, 0.15) is 23.0 Å². The highest BCUT2D eigenvalue weighted by atomic mass is 16.3. The number of nitrogens with one attached hydrogen (secondary N) is 1. The van der Waals surface area contributed by atoms with Gasteiger partial charge in [-0.3, -0.25) is 14.8 Å². The van der Waals surface area contributed by atoms with E-state index < -0.39 is 0 Å². The summed E-state index contributed by atoms with van der Waals surface area (Å²) in [5, 5.41) is 12.4. The Bertz CT molecular complexity index is 558. The second-order valence-corrected chi connectivity index (χ2v) is 4.29. The lowest BCUT2D eigenvalue weighted by molar-refractivity contribution is 0.0937. The molecule has 0 radical (unpaired) electrons. The fourth-order valence-electron chi connectivity index (χ4n) is 1.76. The number of nitrogens with zero attached hydrogens (tertiary/aromatic N) is 2. The minimum Gasteiger partial charge on any atom is -0.505 e. The maximum absolute atomic E-state index is 11.9. The van der Waals surface area contributed by atoms with Crippen molar-refractivity contribution in [3.05, 3.63) is 54.1 Å². The molecule has 2 aromatic heterocycles. The van der Waals surface area contributed by atoms with Crippen LogP contribution in [0.25, 0.3) is 0 Å². The Kier molecular flexibility index (Phi) is 4.07. The van der Waals surface area contributed by atoms with Crippen LogP contribution < -0.4 is 5.32 Å². The number of rotatable bonds is 4. The third-order valence-corrected chi connectivity index (χ3v) is 2.66. The summed E-state index contributed by atoms with van der Waals surface area (Å²) in [6.07, 6.45) is 5.08. The molecule has 1 amide bonds. The third-order valence-electron chi connectivity index (χ3n) is 2.66. The lowest BCUT2D eigenvalue weighted by atomic mass is 10.1. The second-order valence-electron chi connectivity index (χ2n) is 4.29. The normalized spacial score (nSPS) is 11.8. The molecule has 2 aromatic rings. The SMILES string of the molecule is C[C@H](Cc1ccccn1)NC(=O)c1ccncc1O. The molecule has 2 heterocycles. The Morgan fingerprint density at radius 1 is 1.37 bits per heavy atom. The molecule has 0 unspecified atom stereocenters. The molecule has 0 aliphatic heterocycles. The third kappa shape index (κ3) is 3.51. The number of aromatic hydroxyl groups is 1. The summed E-state index contributed by atoms with van der Waals surface area (Å²) in [5.41, 5.74) is 1.14. The van der Waals surface area contributed by atoms with Crippen LogP contribution in [0.15, 0.2) is 42.9 Å². The lowest BCUT2D eigenvalue weighted by Gasteiger charge is -2.13. The van der Waals surface area contributed by atoms with Gasteiger partial charge in [-0.15, -0.1) is 0 Å². The van der Waals surface area contributed by atoms with Gasteiger partial charge in [0.25, 0.3) is 5.91 Å². The van der Waals surface area contributed by atoms with E-state index in [1.54, 1.807) is 6.20 Å². The summed E-state index contributed by atoms with van der Waals surface area (Å²) in [6.45, 7) is 1.89. The molecule has 0 aromatic carbocycles. The summed E-state index contributed by atoms with van der Waals surface area (Å²) in [6, 6.07) is 7.08. The highest BCUT2D eigenvalue weighted by Gasteiger charge is 2.13. The van der Waals surface area contributed by atoms with Crippen molar-refractivity contribution in [2.24, 2.45) is 0 Å². The fraction of sp³-hybridized carbons (Fsp3) is 0.214. The Labute approximate surface area is 111 Å². The van der Waals surface area contributed by atoms with Crippen molar-refractivity contribution in [2.45, 2.75) is 19.4 Å². The molecule has 0 saturated heterocycles. The van der Waals surface area contributed by atoms with E-state index in [9.17, 15) is 9.90 Å². The second kappa shape index (κ2) is 5.95. The first-order valence-corrected chi connectivity index (χ1v) is 6.00. The summed E-state index contributed by atoms with van der Waals surface area (Å²) in [4.78, 5) is 19.9. The molecular weight excluding hydrogens is 242 g/mol. The molecule has 98 valence electrons. The van der Waals surface area contributed by atoms with Crippen molar-refractivity contribution in [1.29, 1.82) is 0 Å². The zero-order valence-electron chi connectivity index (χ0n) is 10.6. The van der Waals surface area contributed by atoms with E-state index in [1.165, 1.54) is 18.5 Å². The number of aromatic nitrogens is 2. The van der Waals surface area contributed by atoms with Crippen molar-refractivity contribution in [3.8, 4) is 5.75 Å². The highest BCUT2D eigenvalue weighted by Crippen LogP contribution is 2.13. The largest absolute Gasteiger partial charge is 0.505 e. The summed E-state index contributed by atoms with van der Waals surface area (Å²) in [7, 11) is 0. The van der Waals surface area contributed by atoms with E-state index in [-0.39, 0.29) is 23.3 Å². The molecule has 0 fully saturated rings. The van der Waals surface area contributed by atoms with Gasteiger partial charge in [0.1, 0.15) is 5.75 Å². The van der Waals surface area contributed by atoms with Crippen molar-refractivity contribution < 1.29 is 9.90 Å². The molecule has 19 heavy (non-hydrogen) atoms. The monoisotopic (exact) mass is 257 g/mol. The van der Waals surface area contributed by atoms with Gasteiger partial charge in [0.05, 0.1) is 11.8 Å². The molecule has 0 aliphatic carbocycles. The van der Waals surface area contributed by atoms with Gasteiger partial charge in [-0.2, -0.15) is 0 Å². The van der Waals surface area contributed by atoms with Crippen molar-refractivity contribution in [2.75, 3.05) is 0 Å². The predicted octanol–water partition coefficient (Wildman–Crippen LogP) is 1.54. The van der Waals surface area contributed by atoms with Gasteiger partial charge in [-0.05, 0) is 25.1 Å². The van der Waals surface area contributed by atoms with E-state index in [1.807, 2.05) is 25.1 Å². The molecular formula is C14H15N3O2. The molecule has 0 saturated carbocycles. The fourth-order valence-corrected chi connectivity index (χ4v) is 1.76. The summed E-state index contributed by atoms with van der Waals surface area (Å²) < 4.78 is 0. The van der Waals surface area contributed by atoms with Crippen LogP contribution in [0.4, 0.5) is 0 Å². The van der Waals surface area contributed by atoms with E-state index in [4.69, 9.17) is 0 Å². The first-order valence-electron chi connectivity index (χ1n) is 6.00. The summed E-state index contributed by atoms with van der Waals surface area (Å²) >= 11 is 0. The molecule has 0 spiro atoms. The Hall–Kier alpha value is -2.43. The van der Waals surface area contributed by atoms with Gasteiger partial charge in [-0.1, -0.05) is 6.07 Å². The quantitative estimate of drug-likeness (QED) is 0.871. The first-order chi connectivity index (χ1) is 9.16. The van der Waals surface area contributed by atoms with Gasteiger partial charge >= 0.3 is 0 Å². The van der Waals surface area contributed by atoms with Crippen LogP contribution in [0, 0.1) is 0 Å². The highest BCUT2D eigenvalue weighted by molar-refractivity contribution is 5.96. The van der Waals surface area contributed by atoms with Gasteiger partial charge in [0.15, 0.2) is 0 Å². The van der Waals surface area contributed by atoms with Crippen LogP contribution in [-0.2, 0) is 6.42 Å². The van der Waals surface area contributed by atoms with Crippen LogP contribution in [0.3, 0.4) is 0 Å². The van der Waals surface area contributed by atoms with Gasteiger partial charge in [0.2, 0.25) is 0 Å². The number of amides is 1. The standard InChI is InChI=1S/C14H15N3O2/c1-10(8-11-4-2-3-6-16-11)17-14(19)12-5-7-15-9-13(12)18/h2-7,9-10,18H,8H2,1H3,(H,17,19)/t10-/m1/s1. The smallest absolute Gasteiger partial charge is 0.255 e. The Balaban J connectivity index is 1.98. The van der Waals surface area contributed by atoms with Gasteiger partial charge in [0, 0.05) is 30.6 Å². The predicted molar refractivity (Wildman–Crippen MR) is 70.8 cm³/mol. The van der Waals surface area contributed by atoms with Crippen LogP contribution in [0.5, 0.6) is 5.75 Å². The lowest BCUT2D eigenvalue weighted by Crippen LogP contribution is -2.34. The Morgan fingerprint density at radius 3 is 2.89 bits per heavy atom. The van der Waals surface area contributed by atoms with Gasteiger partial charge < -0.3 is 10.4 Å². The number of pyridine rings is 2. The average Bonchev–Trinajstić information content (AvgIpc) is 2.40. The Morgan fingerprint density at radius 2 is 2.21 bits per heavy atom. The van der Waals surface area contributed by atoms with Crippen molar-refractivity contribution >= 4 is 5.91 Å². The van der Waals surface area contributed by atoms with Crippen LogP contribution in [-0.4, -0.2) is 27.0 Å².